The number of benzene rings is 2. The highest BCUT2D eigenvalue weighted by molar-refractivity contribution is 5.94. The van der Waals surface area contributed by atoms with Crippen molar-refractivity contribution in [2.45, 2.75) is 51.6 Å². The molecule has 0 saturated heterocycles. The van der Waals surface area contributed by atoms with Crippen molar-refractivity contribution in [3.05, 3.63) is 71.3 Å². The Balaban J connectivity index is 2.10. The lowest BCUT2D eigenvalue weighted by atomic mass is 9.97. The van der Waals surface area contributed by atoms with E-state index in [9.17, 15) is 14.4 Å². The van der Waals surface area contributed by atoms with E-state index >= 15 is 0 Å². The summed E-state index contributed by atoms with van der Waals surface area (Å²) in [6, 6.07) is 16.0. The number of amides is 2. The Morgan fingerprint density at radius 1 is 1.00 bits per heavy atom. The lowest BCUT2D eigenvalue weighted by Crippen LogP contribution is -2.45. The van der Waals surface area contributed by atoms with Gasteiger partial charge in [-0.2, -0.15) is 0 Å². The van der Waals surface area contributed by atoms with Crippen LogP contribution >= 0.6 is 0 Å². The van der Waals surface area contributed by atoms with Crippen LogP contribution in [0.4, 0.5) is 0 Å². The first-order chi connectivity index (χ1) is 13.7. The molecule has 3 N–H and O–H groups in total. The predicted octanol–water partition coefficient (Wildman–Crippen LogP) is 3.62. The second kappa shape index (κ2) is 9.87. The molecule has 2 aromatic carbocycles. The minimum Gasteiger partial charge on any atom is -0.481 e. The zero-order chi connectivity index (χ0) is 21.4. The van der Waals surface area contributed by atoms with Gasteiger partial charge >= 0.3 is 5.97 Å². The monoisotopic (exact) mass is 396 g/mol. The molecule has 2 amide bonds. The van der Waals surface area contributed by atoms with Crippen LogP contribution in [0.1, 0.15) is 60.6 Å². The molecule has 0 fully saturated rings. The summed E-state index contributed by atoms with van der Waals surface area (Å²) in [5, 5.41) is 14.7. The van der Waals surface area contributed by atoms with Gasteiger partial charge in [-0.15, -0.1) is 0 Å². The van der Waals surface area contributed by atoms with Crippen molar-refractivity contribution in [2.24, 2.45) is 0 Å². The first-order valence-corrected chi connectivity index (χ1v) is 9.61. The zero-order valence-corrected chi connectivity index (χ0v) is 17.1. The Labute approximate surface area is 171 Å². The first-order valence-electron chi connectivity index (χ1n) is 9.61. The van der Waals surface area contributed by atoms with E-state index in [4.69, 9.17) is 5.11 Å². The third-order valence-corrected chi connectivity index (χ3v) is 4.65. The summed E-state index contributed by atoms with van der Waals surface area (Å²) >= 11 is 0. The van der Waals surface area contributed by atoms with Gasteiger partial charge in [0.1, 0.15) is 0 Å². The highest BCUT2D eigenvalue weighted by Crippen LogP contribution is 2.19. The number of rotatable bonds is 9. The number of aliphatic carboxylic acids is 1. The Hall–Kier alpha value is -3.15. The van der Waals surface area contributed by atoms with Crippen LogP contribution in [0.25, 0.3) is 0 Å². The molecule has 2 aromatic rings. The molecule has 0 bridgehead atoms. The van der Waals surface area contributed by atoms with E-state index in [0.717, 1.165) is 11.1 Å². The summed E-state index contributed by atoms with van der Waals surface area (Å²) in [5.41, 5.74) is 1.76. The number of hydrogen-bond donors (Lipinski definition) is 3. The molecule has 2 rings (SSSR count). The van der Waals surface area contributed by atoms with E-state index < -0.39 is 17.6 Å². The summed E-state index contributed by atoms with van der Waals surface area (Å²) in [6.07, 6.45) is 0.345. The maximum Gasteiger partial charge on any atom is 0.303 e. The second-order valence-electron chi connectivity index (χ2n) is 7.83. The number of carboxylic acids is 1. The normalized spacial score (nSPS) is 12.1. The van der Waals surface area contributed by atoms with Crippen LogP contribution in [-0.4, -0.2) is 28.4 Å². The molecule has 0 saturated carbocycles. The van der Waals surface area contributed by atoms with E-state index in [2.05, 4.69) is 10.6 Å². The minimum absolute atomic E-state index is 0.0282. The molecule has 0 radical (unpaired) electrons. The van der Waals surface area contributed by atoms with Gasteiger partial charge in [0.05, 0.1) is 12.5 Å². The third-order valence-electron chi connectivity index (χ3n) is 4.65. The van der Waals surface area contributed by atoms with Crippen LogP contribution < -0.4 is 10.6 Å². The van der Waals surface area contributed by atoms with E-state index in [1.165, 1.54) is 0 Å². The fourth-order valence-electron chi connectivity index (χ4n) is 2.98. The van der Waals surface area contributed by atoms with Gasteiger partial charge in [-0.3, -0.25) is 14.4 Å². The van der Waals surface area contributed by atoms with Crippen LogP contribution in [0.2, 0.25) is 0 Å². The van der Waals surface area contributed by atoms with Gasteiger partial charge < -0.3 is 15.7 Å². The van der Waals surface area contributed by atoms with E-state index in [0.29, 0.717) is 12.0 Å². The van der Waals surface area contributed by atoms with Gasteiger partial charge in [-0.1, -0.05) is 48.0 Å². The standard InChI is InChI=1S/C23H28N2O4/c1-16-9-11-18(12-10-16)22(29)24-19(17-7-5-4-6-8-17)15-20(26)25-23(2,3)14-13-21(27)28/h4-12,19H,13-15H2,1-3H3,(H,24,29)(H,25,26)(H,27,28). The number of hydrogen-bond acceptors (Lipinski definition) is 3. The molecule has 0 aromatic heterocycles. The smallest absolute Gasteiger partial charge is 0.303 e. The average Bonchev–Trinajstić information content (AvgIpc) is 2.66. The molecule has 6 nitrogen and oxygen atoms in total. The van der Waals surface area contributed by atoms with Crippen molar-refractivity contribution in [3.63, 3.8) is 0 Å². The van der Waals surface area contributed by atoms with Crippen molar-refractivity contribution in [2.75, 3.05) is 0 Å². The van der Waals surface area contributed by atoms with Crippen molar-refractivity contribution >= 4 is 17.8 Å². The SMILES string of the molecule is Cc1ccc(C(=O)NC(CC(=O)NC(C)(C)CCC(=O)O)c2ccccc2)cc1. The third kappa shape index (κ3) is 7.41. The molecule has 1 atom stereocenters. The molecule has 29 heavy (non-hydrogen) atoms. The van der Waals surface area contributed by atoms with Crippen LogP contribution in [0.5, 0.6) is 0 Å². The van der Waals surface area contributed by atoms with E-state index in [-0.39, 0.29) is 24.7 Å². The van der Waals surface area contributed by atoms with Crippen LogP contribution in [0.15, 0.2) is 54.6 Å². The number of carboxylic acid groups (broad SMARTS) is 1. The molecule has 0 aliphatic rings. The summed E-state index contributed by atoms with van der Waals surface area (Å²) < 4.78 is 0. The van der Waals surface area contributed by atoms with Gasteiger partial charge in [0.2, 0.25) is 5.91 Å². The van der Waals surface area contributed by atoms with Gasteiger partial charge in [0.15, 0.2) is 0 Å². The predicted molar refractivity (Wildman–Crippen MR) is 112 cm³/mol. The molecule has 0 heterocycles. The lowest BCUT2D eigenvalue weighted by Gasteiger charge is -2.27. The maximum atomic E-state index is 12.7. The van der Waals surface area contributed by atoms with E-state index in [1.807, 2.05) is 49.4 Å². The highest BCUT2D eigenvalue weighted by Gasteiger charge is 2.25. The van der Waals surface area contributed by atoms with Crippen LogP contribution in [0.3, 0.4) is 0 Å². The van der Waals surface area contributed by atoms with Crippen molar-refractivity contribution in [3.8, 4) is 0 Å². The van der Waals surface area contributed by atoms with Crippen LogP contribution in [0, 0.1) is 6.92 Å². The Morgan fingerprint density at radius 2 is 1.62 bits per heavy atom. The molecule has 154 valence electrons. The summed E-state index contributed by atoms with van der Waals surface area (Å²) in [5.74, 6) is -1.41. The highest BCUT2D eigenvalue weighted by atomic mass is 16.4. The second-order valence-corrected chi connectivity index (χ2v) is 7.83. The van der Waals surface area contributed by atoms with Crippen molar-refractivity contribution in [1.82, 2.24) is 10.6 Å². The molecular formula is C23H28N2O4. The summed E-state index contributed by atoms with van der Waals surface area (Å²) in [4.78, 5) is 36.1. The lowest BCUT2D eigenvalue weighted by molar-refractivity contribution is -0.137. The molecule has 6 heteroatoms. The van der Waals surface area contributed by atoms with Crippen molar-refractivity contribution in [1.29, 1.82) is 0 Å². The van der Waals surface area contributed by atoms with Crippen molar-refractivity contribution < 1.29 is 19.5 Å². The quantitative estimate of drug-likeness (QED) is 0.603. The number of nitrogens with one attached hydrogen (secondary N) is 2. The number of carbonyl (C=O) groups excluding carboxylic acids is 2. The zero-order valence-electron chi connectivity index (χ0n) is 17.1. The Kier molecular flexibility index (Phi) is 7.53. The average molecular weight is 396 g/mol. The fourth-order valence-corrected chi connectivity index (χ4v) is 2.98. The van der Waals surface area contributed by atoms with Gasteiger partial charge in [0, 0.05) is 17.5 Å². The first kappa shape index (κ1) is 22.1. The van der Waals surface area contributed by atoms with E-state index in [1.54, 1.807) is 26.0 Å². The van der Waals surface area contributed by atoms with Gasteiger partial charge in [-0.05, 0) is 44.9 Å². The van der Waals surface area contributed by atoms with Gasteiger partial charge in [0.25, 0.3) is 5.91 Å². The molecule has 0 aliphatic heterocycles. The Morgan fingerprint density at radius 3 is 2.21 bits per heavy atom. The molecule has 0 aliphatic carbocycles. The summed E-state index contributed by atoms with van der Waals surface area (Å²) in [7, 11) is 0. The topological polar surface area (TPSA) is 95.5 Å². The Bertz CT molecular complexity index is 845. The molecular weight excluding hydrogens is 368 g/mol. The summed E-state index contributed by atoms with van der Waals surface area (Å²) in [6.45, 7) is 5.53. The molecule has 1 unspecified atom stereocenters. The minimum atomic E-state index is -0.903. The largest absolute Gasteiger partial charge is 0.481 e. The molecule has 0 spiro atoms. The maximum absolute atomic E-state index is 12.7. The number of aryl methyl sites for hydroxylation is 1. The fraction of sp³-hybridized carbons (Fsp3) is 0.348. The van der Waals surface area contributed by atoms with Gasteiger partial charge in [-0.25, -0.2) is 0 Å². The number of carbonyl (C=O) groups is 3. The van der Waals surface area contributed by atoms with Crippen LogP contribution in [-0.2, 0) is 9.59 Å².